The molecule has 0 aliphatic rings. The Morgan fingerprint density at radius 2 is 1.96 bits per heavy atom. The molecular weight excluding hydrogens is 312 g/mol. The number of benzene rings is 1. The molecule has 0 fully saturated rings. The van der Waals surface area contributed by atoms with E-state index in [1.54, 1.807) is 12.4 Å². The quantitative estimate of drug-likeness (QED) is 0.652. The summed E-state index contributed by atoms with van der Waals surface area (Å²) in [6.45, 7) is -0.325. The highest BCUT2D eigenvalue weighted by Gasteiger charge is 2.14. The molecule has 1 aromatic heterocycles. The zero-order valence-corrected chi connectivity index (χ0v) is 13.1. The highest BCUT2D eigenvalue weighted by atomic mass is 32.1. The number of rotatable bonds is 6. The van der Waals surface area contributed by atoms with Crippen molar-refractivity contribution in [3.8, 4) is 0 Å². The van der Waals surface area contributed by atoms with Gasteiger partial charge >= 0.3 is 0 Å². The van der Waals surface area contributed by atoms with Crippen LogP contribution in [0.1, 0.15) is 10.4 Å². The van der Waals surface area contributed by atoms with Gasteiger partial charge in [-0.2, -0.15) is 0 Å². The summed E-state index contributed by atoms with van der Waals surface area (Å²) < 4.78 is 0. The van der Waals surface area contributed by atoms with Crippen molar-refractivity contribution in [2.75, 3.05) is 6.54 Å². The van der Waals surface area contributed by atoms with E-state index in [-0.39, 0.29) is 18.9 Å². The van der Waals surface area contributed by atoms with E-state index in [0.717, 1.165) is 15.4 Å². The van der Waals surface area contributed by atoms with Gasteiger partial charge in [-0.05, 0) is 23.1 Å². The Hall–Kier alpha value is -2.73. The van der Waals surface area contributed by atoms with Crippen LogP contribution in [-0.4, -0.2) is 29.7 Å². The molecule has 1 aromatic carbocycles. The number of amides is 2. The molecule has 0 atom stereocenters. The van der Waals surface area contributed by atoms with E-state index in [9.17, 15) is 14.4 Å². The smallest absolute Gasteiger partial charge is 0.265 e. The molecule has 0 bridgehead atoms. The summed E-state index contributed by atoms with van der Waals surface area (Å²) in [6, 6.07) is 12.9. The number of hydrazine groups is 1. The zero-order valence-electron chi connectivity index (χ0n) is 12.3. The Kier molecular flexibility index (Phi) is 6.26. The van der Waals surface area contributed by atoms with Crippen molar-refractivity contribution in [1.29, 1.82) is 0 Å². The second kappa shape index (κ2) is 8.65. The standard InChI is InChI=1S/C17H15N2O3S/c20-11-10-19(18-16(21)13-15-7-4-12-23-15)17(22)9-8-14-5-2-1-3-6-14/h1-9,12H,10,13H2,(H,18,21)/b9-8+. The van der Waals surface area contributed by atoms with Crippen LogP contribution >= 0.6 is 11.3 Å². The van der Waals surface area contributed by atoms with Gasteiger partial charge in [0.25, 0.3) is 5.91 Å². The van der Waals surface area contributed by atoms with Gasteiger partial charge < -0.3 is 0 Å². The average molecular weight is 327 g/mol. The molecule has 0 aliphatic heterocycles. The normalized spacial score (nSPS) is 10.4. The minimum Gasteiger partial charge on any atom is -0.289 e. The van der Waals surface area contributed by atoms with Crippen LogP contribution in [0.15, 0.2) is 53.9 Å². The van der Waals surface area contributed by atoms with Crippen LogP contribution in [0.5, 0.6) is 0 Å². The maximum Gasteiger partial charge on any atom is 0.265 e. The van der Waals surface area contributed by atoms with Crippen molar-refractivity contribution >= 4 is 35.5 Å². The summed E-state index contributed by atoms with van der Waals surface area (Å²) in [6.07, 6.45) is 4.70. The second-order valence-electron chi connectivity index (χ2n) is 4.60. The molecule has 0 spiro atoms. The molecule has 0 saturated heterocycles. The van der Waals surface area contributed by atoms with Crippen LogP contribution in [0, 0.1) is 0 Å². The molecule has 0 saturated carbocycles. The summed E-state index contributed by atoms with van der Waals surface area (Å²) in [7, 11) is 0. The summed E-state index contributed by atoms with van der Waals surface area (Å²) in [4.78, 5) is 35.5. The lowest BCUT2D eigenvalue weighted by molar-refractivity contribution is -0.136. The van der Waals surface area contributed by atoms with E-state index in [2.05, 4.69) is 5.43 Å². The largest absolute Gasteiger partial charge is 0.289 e. The van der Waals surface area contributed by atoms with E-state index in [0.29, 0.717) is 0 Å². The molecule has 1 heterocycles. The van der Waals surface area contributed by atoms with E-state index in [1.807, 2.05) is 47.8 Å². The minimum atomic E-state index is -0.489. The molecule has 2 rings (SSSR count). The Balaban J connectivity index is 1.96. The van der Waals surface area contributed by atoms with Crippen molar-refractivity contribution in [3.63, 3.8) is 0 Å². The van der Waals surface area contributed by atoms with Gasteiger partial charge in [-0.1, -0.05) is 36.4 Å². The number of carbonyl (C=O) groups excluding carboxylic acids is 3. The lowest BCUT2D eigenvalue weighted by atomic mass is 10.2. The number of hydrogen-bond donors (Lipinski definition) is 1. The first-order valence-corrected chi connectivity index (χ1v) is 7.78. The first-order chi connectivity index (χ1) is 11.2. The van der Waals surface area contributed by atoms with Crippen molar-refractivity contribution in [1.82, 2.24) is 10.4 Å². The van der Waals surface area contributed by atoms with Gasteiger partial charge in [0.1, 0.15) is 6.54 Å². The second-order valence-corrected chi connectivity index (χ2v) is 5.64. The Morgan fingerprint density at radius 3 is 2.61 bits per heavy atom. The number of thiophene rings is 1. The molecule has 2 aromatic rings. The van der Waals surface area contributed by atoms with Gasteiger partial charge in [0.05, 0.1) is 6.42 Å². The molecule has 23 heavy (non-hydrogen) atoms. The van der Waals surface area contributed by atoms with Gasteiger partial charge in [0, 0.05) is 11.0 Å². The molecule has 1 radical (unpaired) electrons. The Morgan fingerprint density at radius 1 is 1.17 bits per heavy atom. The fraction of sp³-hybridized carbons (Fsp3) is 0.118. The van der Waals surface area contributed by atoms with Crippen LogP contribution in [0.2, 0.25) is 0 Å². The first kappa shape index (κ1) is 16.6. The van der Waals surface area contributed by atoms with Gasteiger partial charge in [-0.25, -0.2) is 5.01 Å². The van der Waals surface area contributed by atoms with Crippen molar-refractivity contribution in [2.24, 2.45) is 0 Å². The Bertz CT molecular complexity index is 681. The molecule has 6 heteroatoms. The topological polar surface area (TPSA) is 66.5 Å². The van der Waals surface area contributed by atoms with Crippen LogP contribution in [0.3, 0.4) is 0 Å². The SMILES string of the molecule is O=[C]CN(NC(=O)Cc1cccs1)C(=O)/C=C/c1ccccc1. The first-order valence-electron chi connectivity index (χ1n) is 6.90. The third-order valence-corrected chi connectivity index (χ3v) is 3.76. The maximum absolute atomic E-state index is 12.1. The van der Waals surface area contributed by atoms with E-state index in [1.165, 1.54) is 17.4 Å². The fourth-order valence-electron chi connectivity index (χ4n) is 1.82. The predicted molar refractivity (Wildman–Crippen MR) is 89.0 cm³/mol. The predicted octanol–water partition coefficient (Wildman–Crippen LogP) is 1.97. The monoisotopic (exact) mass is 327 g/mol. The van der Waals surface area contributed by atoms with E-state index in [4.69, 9.17) is 0 Å². The van der Waals surface area contributed by atoms with Crippen molar-refractivity contribution < 1.29 is 14.4 Å². The van der Waals surface area contributed by atoms with Crippen LogP contribution in [0.25, 0.3) is 6.08 Å². The number of hydrogen-bond acceptors (Lipinski definition) is 4. The molecule has 0 unspecified atom stereocenters. The van der Waals surface area contributed by atoms with Gasteiger partial charge in [-0.15, -0.1) is 11.3 Å². The van der Waals surface area contributed by atoms with Crippen LogP contribution < -0.4 is 5.43 Å². The van der Waals surface area contributed by atoms with E-state index >= 15 is 0 Å². The van der Waals surface area contributed by atoms with Crippen molar-refractivity contribution in [2.45, 2.75) is 6.42 Å². The molecular formula is C17H15N2O3S. The number of carbonyl (C=O) groups is 2. The maximum atomic E-state index is 12.1. The zero-order chi connectivity index (χ0) is 16.5. The van der Waals surface area contributed by atoms with Gasteiger partial charge in [-0.3, -0.25) is 19.8 Å². The van der Waals surface area contributed by atoms with E-state index < -0.39 is 5.91 Å². The van der Waals surface area contributed by atoms with Gasteiger partial charge in [0.2, 0.25) is 12.2 Å². The summed E-state index contributed by atoms with van der Waals surface area (Å²) >= 11 is 1.45. The molecule has 2 amide bonds. The summed E-state index contributed by atoms with van der Waals surface area (Å²) in [5.41, 5.74) is 3.28. The lowest BCUT2D eigenvalue weighted by Crippen LogP contribution is -2.46. The fourth-order valence-corrected chi connectivity index (χ4v) is 2.52. The third-order valence-electron chi connectivity index (χ3n) is 2.88. The van der Waals surface area contributed by atoms with Gasteiger partial charge in [0.15, 0.2) is 0 Å². The molecule has 1 N–H and O–H groups in total. The molecule has 117 valence electrons. The number of nitrogens with zero attached hydrogens (tertiary/aromatic N) is 1. The summed E-state index contributed by atoms with van der Waals surface area (Å²) in [5.74, 6) is -0.846. The van der Waals surface area contributed by atoms with Crippen molar-refractivity contribution in [3.05, 3.63) is 64.4 Å². The highest BCUT2D eigenvalue weighted by Crippen LogP contribution is 2.09. The lowest BCUT2D eigenvalue weighted by Gasteiger charge is -2.18. The minimum absolute atomic E-state index is 0.155. The highest BCUT2D eigenvalue weighted by molar-refractivity contribution is 7.10. The summed E-state index contributed by atoms with van der Waals surface area (Å²) in [5, 5.41) is 2.82. The third kappa shape index (κ3) is 5.52. The molecule has 0 aliphatic carbocycles. The van der Waals surface area contributed by atoms with Crippen LogP contribution in [0.4, 0.5) is 0 Å². The average Bonchev–Trinajstić information content (AvgIpc) is 3.06. The molecule has 5 nitrogen and oxygen atoms in total. The number of nitrogens with one attached hydrogen (secondary N) is 1. The van der Waals surface area contributed by atoms with Crippen LogP contribution in [-0.2, 0) is 20.8 Å². The Labute approximate surface area is 138 Å².